The number of rotatable bonds is 0. The van der Waals surface area contributed by atoms with E-state index >= 15 is 0 Å². The molecule has 3 heteroatoms. The summed E-state index contributed by atoms with van der Waals surface area (Å²) in [5.41, 5.74) is 0. The molecule has 0 spiro atoms. The maximum Gasteiger partial charge on any atom is 0.235 e. The van der Waals surface area contributed by atoms with E-state index in [1.165, 1.54) is 19.4 Å². The molecule has 1 aliphatic heterocycles. The molecule has 0 aromatic heterocycles. The second-order valence-corrected chi connectivity index (χ2v) is 3.93. The predicted molar refractivity (Wildman–Crippen MR) is 40.9 cm³/mol. The Morgan fingerprint density at radius 2 is 2.44 bits per heavy atom. The summed E-state index contributed by atoms with van der Waals surface area (Å²) in [6.45, 7) is 4.45. The fourth-order valence-electron chi connectivity index (χ4n) is 0.994. The molecule has 1 N–H and O–H groups in total. The Hall–Kier alpha value is 0.137. The van der Waals surface area contributed by atoms with Crippen LogP contribution in [0.4, 0.5) is 0 Å². The Morgan fingerprint density at radius 3 is 3.33 bits per heavy atom. The Kier molecular flexibility index (Phi) is 3.25. The summed E-state index contributed by atoms with van der Waals surface area (Å²) >= 11 is 0. The van der Waals surface area contributed by atoms with Gasteiger partial charge in [0.05, 0.1) is 0 Å². The van der Waals surface area contributed by atoms with Gasteiger partial charge in [-0.05, 0) is 25.3 Å². The fourth-order valence-corrected chi connectivity index (χ4v) is 1.80. The van der Waals surface area contributed by atoms with Gasteiger partial charge in [-0.1, -0.05) is 6.92 Å². The number of hydrogen-bond donors (Lipinski definition) is 1. The molecule has 54 valence electrons. The van der Waals surface area contributed by atoms with E-state index in [2.05, 4.69) is 11.9 Å². The van der Waals surface area contributed by atoms with Crippen molar-refractivity contribution in [2.45, 2.75) is 19.8 Å². The summed E-state index contributed by atoms with van der Waals surface area (Å²) in [5, 5.41) is 0. The van der Waals surface area contributed by atoms with Gasteiger partial charge in [-0.25, -0.2) is 0 Å². The van der Waals surface area contributed by atoms with Gasteiger partial charge in [0, 0.05) is 6.61 Å². The molecule has 9 heavy (non-hydrogen) atoms. The van der Waals surface area contributed by atoms with Crippen molar-refractivity contribution in [1.29, 1.82) is 0 Å². The standard InChI is InChI=1S/C6H15NOSi/c1-6-2-4-7-9-8-5-3-6/h6-7H,2-5,9H2,1H3. The molecular formula is C6H15NOSi. The van der Waals surface area contributed by atoms with Crippen LogP contribution in [0.25, 0.3) is 0 Å². The predicted octanol–water partition coefficient (Wildman–Crippen LogP) is 0.0213. The third-order valence-electron chi connectivity index (χ3n) is 1.77. The summed E-state index contributed by atoms with van der Waals surface area (Å²) in [5.74, 6) is 0.854. The molecule has 0 radical (unpaired) electrons. The molecular weight excluding hydrogens is 130 g/mol. The van der Waals surface area contributed by atoms with Crippen molar-refractivity contribution in [3.63, 3.8) is 0 Å². The summed E-state index contributed by atoms with van der Waals surface area (Å²) in [6, 6.07) is 0. The van der Waals surface area contributed by atoms with E-state index in [1.54, 1.807) is 0 Å². The average molecular weight is 145 g/mol. The van der Waals surface area contributed by atoms with Crippen LogP contribution >= 0.6 is 0 Å². The summed E-state index contributed by atoms with van der Waals surface area (Å²) in [4.78, 5) is 3.33. The van der Waals surface area contributed by atoms with Gasteiger partial charge in [0.15, 0.2) is 0 Å². The third kappa shape index (κ3) is 2.98. The van der Waals surface area contributed by atoms with Gasteiger partial charge in [0.1, 0.15) is 0 Å². The quantitative estimate of drug-likeness (QED) is 0.485. The molecule has 1 fully saturated rings. The minimum absolute atomic E-state index is 0.321. The fraction of sp³-hybridized carbons (Fsp3) is 1.00. The topological polar surface area (TPSA) is 21.3 Å². The highest BCUT2D eigenvalue weighted by Gasteiger charge is 2.04. The second-order valence-electron chi connectivity index (χ2n) is 2.74. The molecule has 0 aromatic carbocycles. The third-order valence-corrected chi connectivity index (χ3v) is 2.82. The zero-order chi connectivity index (χ0) is 6.53. The van der Waals surface area contributed by atoms with Gasteiger partial charge in [0.2, 0.25) is 9.92 Å². The lowest BCUT2D eigenvalue weighted by Crippen LogP contribution is -2.28. The van der Waals surface area contributed by atoms with Gasteiger partial charge < -0.3 is 9.41 Å². The molecule has 1 atom stereocenters. The largest absolute Gasteiger partial charge is 0.409 e. The highest BCUT2D eigenvalue weighted by Crippen LogP contribution is 2.06. The van der Waals surface area contributed by atoms with Crippen LogP contribution in [-0.2, 0) is 4.43 Å². The van der Waals surface area contributed by atoms with E-state index in [1.807, 2.05) is 0 Å². The molecule has 0 bridgehead atoms. The molecule has 0 saturated carbocycles. The average Bonchev–Trinajstić information content (AvgIpc) is 1.79. The normalized spacial score (nSPS) is 33.7. The smallest absolute Gasteiger partial charge is 0.235 e. The first-order valence-corrected chi connectivity index (χ1v) is 4.96. The van der Waals surface area contributed by atoms with E-state index in [9.17, 15) is 0 Å². The molecule has 1 saturated heterocycles. The number of hydrogen-bond acceptors (Lipinski definition) is 2. The zero-order valence-corrected chi connectivity index (χ0v) is 7.44. The van der Waals surface area contributed by atoms with Gasteiger partial charge >= 0.3 is 0 Å². The van der Waals surface area contributed by atoms with Crippen molar-refractivity contribution in [2.75, 3.05) is 13.2 Å². The second kappa shape index (κ2) is 4.03. The van der Waals surface area contributed by atoms with Gasteiger partial charge in [-0.15, -0.1) is 0 Å². The van der Waals surface area contributed by atoms with E-state index in [0.717, 1.165) is 12.5 Å². The zero-order valence-electron chi connectivity index (χ0n) is 6.02. The van der Waals surface area contributed by atoms with Crippen molar-refractivity contribution in [2.24, 2.45) is 5.92 Å². The van der Waals surface area contributed by atoms with Crippen LogP contribution in [-0.4, -0.2) is 23.1 Å². The van der Waals surface area contributed by atoms with Gasteiger partial charge in [-0.3, -0.25) is 0 Å². The van der Waals surface area contributed by atoms with Crippen molar-refractivity contribution >= 4 is 9.92 Å². The molecule has 0 aliphatic carbocycles. The van der Waals surface area contributed by atoms with Crippen LogP contribution in [0.3, 0.4) is 0 Å². The molecule has 1 heterocycles. The summed E-state index contributed by atoms with van der Waals surface area (Å²) in [7, 11) is -0.321. The lowest BCUT2D eigenvalue weighted by Gasteiger charge is -2.15. The highest BCUT2D eigenvalue weighted by molar-refractivity contribution is 6.23. The molecule has 1 rings (SSSR count). The first-order valence-electron chi connectivity index (χ1n) is 3.68. The van der Waals surface area contributed by atoms with E-state index in [-0.39, 0.29) is 9.92 Å². The van der Waals surface area contributed by atoms with Crippen molar-refractivity contribution in [1.82, 2.24) is 4.98 Å². The number of nitrogens with one attached hydrogen (secondary N) is 1. The van der Waals surface area contributed by atoms with E-state index in [4.69, 9.17) is 4.43 Å². The van der Waals surface area contributed by atoms with Crippen LogP contribution in [0.5, 0.6) is 0 Å². The SMILES string of the molecule is CC1CCN[SiH2]OCC1. The summed E-state index contributed by atoms with van der Waals surface area (Å²) < 4.78 is 5.37. The van der Waals surface area contributed by atoms with Crippen LogP contribution in [0.15, 0.2) is 0 Å². The first kappa shape index (κ1) is 7.25. The Balaban J connectivity index is 2.12. The maximum atomic E-state index is 5.37. The molecule has 1 unspecified atom stereocenters. The minimum Gasteiger partial charge on any atom is -0.409 e. The molecule has 2 nitrogen and oxygen atoms in total. The van der Waals surface area contributed by atoms with Crippen LogP contribution in [0.2, 0.25) is 0 Å². The van der Waals surface area contributed by atoms with Crippen molar-refractivity contribution < 1.29 is 4.43 Å². The first-order chi connectivity index (χ1) is 4.39. The molecule has 1 aliphatic rings. The highest BCUT2D eigenvalue weighted by atomic mass is 28.2. The lowest BCUT2D eigenvalue weighted by molar-refractivity contribution is 0.273. The summed E-state index contributed by atoms with van der Waals surface area (Å²) in [6.07, 6.45) is 2.59. The van der Waals surface area contributed by atoms with Crippen molar-refractivity contribution in [3.05, 3.63) is 0 Å². The minimum atomic E-state index is -0.321. The van der Waals surface area contributed by atoms with Gasteiger partial charge in [0.25, 0.3) is 0 Å². The van der Waals surface area contributed by atoms with Crippen LogP contribution in [0.1, 0.15) is 19.8 Å². The molecule has 0 aromatic rings. The van der Waals surface area contributed by atoms with E-state index < -0.39 is 0 Å². The lowest BCUT2D eigenvalue weighted by atomic mass is 10.1. The Morgan fingerprint density at radius 1 is 1.56 bits per heavy atom. The van der Waals surface area contributed by atoms with Crippen LogP contribution < -0.4 is 4.98 Å². The monoisotopic (exact) mass is 145 g/mol. The van der Waals surface area contributed by atoms with Gasteiger partial charge in [-0.2, -0.15) is 0 Å². The maximum absolute atomic E-state index is 5.37. The van der Waals surface area contributed by atoms with E-state index in [0.29, 0.717) is 0 Å². The van der Waals surface area contributed by atoms with Crippen molar-refractivity contribution in [3.8, 4) is 0 Å². The Labute approximate surface area is 59.0 Å². The van der Waals surface area contributed by atoms with Crippen LogP contribution in [0, 0.1) is 5.92 Å². The Bertz CT molecular complexity index is 71.5. The molecule has 0 amide bonds.